The minimum atomic E-state index is -0.482. The van der Waals surface area contributed by atoms with Crippen LogP contribution in [0, 0.1) is 0 Å². The van der Waals surface area contributed by atoms with Crippen LogP contribution < -0.4 is 10.9 Å². The fourth-order valence-electron chi connectivity index (χ4n) is 0.760. The Morgan fingerprint density at radius 1 is 1.57 bits per heavy atom. The largest absolute Gasteiger partial charge is 0.290 e. The number of rotatable bonds is 2. The molecule has 6 nitrogen and oxygen atoms in total. The van der Waals surface area contributed by atoms with Crippen molar-refractivity contribution in [3.8, 4) is 0 Å². The third-order valence-corrected chi connectivity index (χ3v) is 1.63. The third-order valence-electron chi connectivity index (χ3n) is 1.38. The first-order valence-corrected chi connectivity index (χ1v) is 4.31. The van der Waals surface area contributed by atoms with Crippen molar-refractivity contribution >= 4 is 23.4 Å². The van der Waals surface area contributed by atoms with Crippen LogP contribution in [0.4, 0.5) is 0 Å². The summed E-state index contributed by atoms with van der Waals surface area (Å²) in [5.41, 5.74) is 4.51. The lowest BCUT2D eigenvalue weighted by molar-refractivity contribution is -0.119. The van der Waals surface area contributed by atoms with Gasteiger partial charge in [-0.15, -0.1) is 11.6 Å². The van der Waals surface area contributed by atoms with Crippen molar-refractivity contribution in [2.75, 3.05) is 5.88 Å². The molecule has 0 spiro atoms. The second-order valence-electron chi connectivity index (χ2n) is 2.51. The average Bonchev–Trinajstić information content (AvgIpc) is 2.60. The van der Waals surface area contributed by atoms with Gasteiger partial charge in [-0.25, -0.2) is 0 Å². The molecule has 1 aromatic heterocycles. The zero-order valence-electron chi connectivity index (χ0n) is 7.45. The van der Waals surface area contributed by atoms with Gasteiger partial charge in [0, 0.05) is 13.2 Å². The normalized spacial score (nSPS) is 9.57. The summed E-state index contributed by atoms with van der Waals surface area (Å²) in [4.78, 5) is 21.9. The van der Waals surface area contributed by atoms with Crippen molar-refractivity contribution in [1.29, 1.82) is 0 Å². The fraction of sp³-hybridized carbons (Fsp3) is 0.286. The molecule has 7 heteroatoms. The highest BCUT2D eigenvalue weighted by atomic mass is 35.5. The Kier molecular flexibility index (Phi) is 3.47. The molecule has 0 aromatic carbocycles. The van der Waals surface area contributed by atoms with E-state index < -0.39 is 11.8 Å². The van der Waals surface area contributed by atoms with Crippen molar-refractivity contribution in [2.24, 2.45) is 7.05 Å². The molecule has 2 amide bonds. The van der Waals surface area contributed by atoms with E-state index in [1.54, 1.807) is 13.2 Å². The predicted molar refractivity (Wildman–Crippen MR) is 49.5 cm³/mol. The van der Waals surface area contributed by atoms with Crippen molar-refractivity contribution in [3.05, 3.63) is 18.0 Å². The van der Waals surface area contributed by atoms with E-state index >= 15 is 0 Å². The molecule has 0 bridgehead atoms. The Morgan fingerprint density at radius 3 is 2.79 bits per heavy atom. The van der Waals surface area contributed by atoms with E-state index in [0.717, 1.165) is 0 Å². The number of nitrogens with zero attached hydrogens (tertiary/aromatic N) is 2. The van der Waals surface area contributed by atoms with E-state index in [1.807, 2.05) is 0 Å². The molecule has 0 radical (unpaired) electrons. The molecule has 1 aromatic rings. The van der Waals surface area contributed by atoms with Gasteiger partial charge in [-0.2, -0.15) is 5.10 Å². The van der Waals surface area contributed by atoms with Crippen LogP contribution in [0.1, 0.15) is 10.5 Å². The number of nitrogens with one attached hydrogen (secondary N) is 2. The maximum absolute atomic E-state index is 11.2. The smallest absolute Gasteiger partial charge is 0.275 e. The highest BCUT2D eigenvalue weighted by Gasteiger charge is 2.08. The first kappa shape index (κ1) is 10.5. The van der Waals surface area contributed by atoms with Crippen molar-refractivity contribution in [3.63, 3.8) is 0 Å². The molecule has 0 aliphatic heterocycles. The van der Waals surface area contributed by atoms with Gasteiger partial charge in [-0.3, -0.25) is 25.1 Å². The SMILES string of the molecule is Cn1ccc(C(=O)NNC(=O)CCl)n1. The third kappa shape index (κ3) is 2.74. The molecule has 1 heterocycles. The minimum absolute atomic E-state index is 0.206. The first-order chi connectivity index (χ1) is 6.63. The number of amides is 2. The maximum Gasteiger partial charge on any atom is 0.290 e. The molecule has 1 rings (SSSR count). The van der Waals surface area contributed by atoms with Crippen LogP contribution >= 0.6 is 11.6 Å². The highest BCUT2D eigenvalue weighted by molar-refractivity contribution is 6.27. The summed E-state index contributed by atoms with van der Waals surface area (Å²) >= 11 is 5.20. The van der Waals surface area contributed by atoms with Crippen molar-refractivity contribution in [2.45, 2.75) is 0 Å². The monoisotopic (exact) mass is 216 g/mol. The molecule has 0 unspecified atom stereocenters. The second-order valence-corrected chi connectivity index (χ2v) is 2.78. The summed E-state index contributed by atoms with van der Waals surface area (Å²) in [5.74, 6) is -1.16. The van der Waals surface area contributed by atoms with Crippen LogP contribution in [0.2, 0.25) is 0 Å². The van der Waals surface area contributed by atoms with Crippen LogP contribution in [0.5, 0.6) is 0 Å². The molecule has 0 saturated carbocycles. The van der Waals surface area contributed by atoms with E-state index in [-0.39, 0.29) is 11.6 Å². The fourth-order valence-corrected chi connectivity index (χ4v) is 0.827. The van der Waals surface area contributed by atoms with E-state index in [9.17, 15) is 9.59 Å². The van der Waals surface area contributed by atoms with Gasteiger partial charge in [0.25, 0.3) is 11.8 Å². The number of hydrogen-bond donors (Lipinski definition) is 2. The van der Waals surface area contributed by atoms with E-state index in [0.29, 0.717) is 0 Å². The molecule has 14 heavy (non-hydrogen) atoms. The number of aromatic nitrogens is 2. The summed E-state index contributed by atoms with van der Waals surface area (Å²) in [5, 5.41) is 3.83. The lowest BCUT2D eigenvalue weighted by atomic mass is 10.4. The number of hydrazine groups is 1. The number of halogens is 1. The number of aryl methyl sites for hydroxylation is 1. The maximum atomic E-state index is 11.2. The molecule has 0 atom stereocenters. The lowest BCUT2D eigenvalue weighted by Crippen LogP contribution is -2.42. The van der Waals surface area contributed by atoms with Gasteiger partial charge in [0.1, 0.15) is 5.88 Å². The molecule has 76 valence electrons. The Balaban J connectivity index is 2.47. The summed E-state index contributed by atoms with van der Waals surface area (Å²) in [7, 11) is 1.69. The molecular formula is C7H9ClN4O2. The molecule has 0 aliphatic rings. The second kappa shape index (κ2) is 4.61. The van der Waals surface area contributed by atoms with Gasteiger partial charge in [-0.05, 0) is 6.07 Å². The Bertz CT molecular complexity index is 349. The number of carbonyl (C=O) groups excluding carboxylic acids is 2. The molecule has 0 aliphatic carbocycles. The van der Waals surface area contributed by atoms with E-state index in [2.05, 4.69) is 16.0 Å². The average molecular weight is 217 g/mol. The van der Waals surface area contributed by atoms with Gasteiger partial charge in [0.05, 0.1) is 0 Å². The van der Waals surface area contributed by atoms with E-state index in [1.165, 1.54) is 10.7 Å². The van der Waals surface area contributed by atoms with Gasteiger partial charge in [-0.1, -0.05) is 0 Å². The van der Waals surface area contributed by atoms with Gasteiger partial charge in [0.2, 0.25) is 0 Å². The number of carbonyl (C=O) groups is 2. The quantitative estimate of drug-likeness (QED) is 0.513. The summed E-state index contributed by atoms with van der Waals surface area (Å²) in [6.45, 7) is 0. The predicted octanol–water partition coefficient (Wildman–Crippen LogP) is -0.580. The topological polar surface area (TPSA) is 76.0 Å². The van der Waals surface area contributed by atoms with Crippen molar-refractivity contribution < 1.29 is 9.59 Å². The zero-order valence-corrected chi connectivity index (χ0v) is 8.21. The zero-order chi connectivity index (χ0) is 10.6. The van der Waals surface area contributed by atoms with Crippen molar-refractivity contribution in [1.82, 2.24) is 20.6 Å². The summed E-state index contributed by atoms with van der Waals surface area (Å²) in [6, 6.07) is 1.53. The number of hydrogen-bond acceptors (Lipinski definition) is 3. The van der Waals surface area contributed by atoms with Gasteiger partial charge < -0.3 is 0 Å². The van der Waals surface area contributed by atoms with E-state index in [4.69, 9.17) is 11.6 Å². The Labute approximate surface area is 85.2 Å². The summed E-state index contributed by atoms with van der Waals surface area (Å²) in [6.07, 6.45) is 1.62. The Morgan fingerprint density at radius 2 is 2.29 bits per heavy atom. The molecule has 0 fully saturated rings. The number of alkyl halides is 1. The Hall–Kier alpha value is -1.56. The molecule has 2 N–H and O–H groups in total. The summed E-state index contributed by atoms with van der Waals surface area (Å²) < 4.78 is 1.48. The van der Waals surface area contributed by atoms with Crippen LogP contribution in [0.3, 0.4) is 0 Å². The van der Waals surface area contributed by atoms with Crippen LogP contribution in [0.15, 0.2) is 12.3 Å². The van der Waals surface area contributed by atoms with Gasteiger partial charge in [0.15, 0.2) is 5.69 Å². The first-order valence-electron chi connectivity index (χ1n) is 3.78. The standard InChI is InChI=1S/C7H9ClN4O2/c1-12-3-2-5(11-12)7(14)10-9-6(13)4-8/h2-3H,4H2,1H3,(H,9,13)(H,10,14). The highest BCUT2D eigenvalue weighted by Crippen LogP contribution is 1.92. The minimum Gasteiger partial charge on any atom is -0.275 e. The molecule has 0 saturated heterocycles. The lowest BCUT2D eigenvalue weighted by Gasteiger charge is -2.02. The van der Waals surface area contributed by atoms with Crippen LogP contribution in [-0.2, 0) is 11.8 Å². The van der Waals surface area contributed by atoms with Crippen LogP contribution in [-0.4, -0.2) is 27.5 Å². The van der Waals surface area contributed by atoms with Gasteiger partial charge >= 0.3 is 0 Å². The van der Waals surface area contributed by atoms with Crippen LogP contribution in [0.25, 0.3) is 0 Å². The molecular weight excluding hydrogens is 208 g/mol.